The average molecular weight is 480 g/mol. The summed E-state index contributed by atoms with van der Waals surface area (Å²) in [4.78, 5) is 12.2. The molecule has 0 bridgehead atoms. The smallest absolute Gasteiger partial charge is 0.224 e. The van der Waals surface area contributed by atoms with Crippen LogP contribution in [0.2, 0.25) is 0 Å². The summed E-state index contributed by atoms with van der Waals surface area (Å²) in [5.41, 5.74) is 6.54. The van der Waals surface area contributed by atoms with Crippen molar-refractivity contribution >= 4 is 53.9 Å². The molecule has 0 saturated carbocycles. The van der Waals surface area contributed by atoms with Gasteiger partial charge in [0.15, 0.2) is 0 Å². The molecule has 0 atom stereocenters. The summed E-state index contributed by atoms with van der Waals surface area (Å²) in [6, 6.07) is 14.3. The number of hydrogen-bond donors (Lipinski definition) is 4. The number of nitrogens with two attached hydrogens (primary N) is 1. The lowest BCUT2D eigenvalue weighted by molar-refractivity contribution is -0.120. The highest BCUT2D eigenvalue weighted by molar-refractivity contribution is 5.90. The highest BCUT2D eigenvalue weighted by Crippen LogP contribution is 2.18. The van der Waals surface area contributed by atoms with Crippen molar-refractivity contribution in [2.75, 3.05) is 39.3 Å². The van der Waals surface area contributed by atoms with Gasteiger partial charge in [-0.25, -0.2) is 0 Å². The number of nitrogens with one attached hydrogen (secondary N) is 3. The molecule has 0 spiro atoms. The number of carbonyl (C=O) groups excluding carboxylic acids is 1. The average Bonchev–Trinajstić information content (AvgIpc) is 2.69. The molecule has 0 heterocycles. The molecule has 1 amide bonds. The lowest BCUT2D eigenvalue weighted by Crippen LogP contribution is -2.29. The fourth-order valence-electron chi connectivity index (χ4n) is 3.10. The monoisotopic (exact) mass is 478 g/mol. The van der Waals surface area contributed by atoms with E-state index in [4.69, 9.17) is 5.73 Å². The third-order valence-electron chi connectivity index (χ3n) is 4.60. The number of hydrogen-bond acceptors (Lipinski definition) is 4. The minimum atomic E-state index is 0. The Balaban J connectivity index is 0. The van der Waals surface area contributed by atoms with Crippen LogP contribution in [0.25, 0.3) is 10.8 Å². The zero-order chi connectivity index (χ0) is 19.2. The zero-order valence-corrected chi connectivity index (χ0v) is 20.0. The van der Waals surface area contributed by atoms with Gasteiger partial charge >= 0.3 is 0 Å². The standard InChI is InChI=1S/C22H34N4O.3ClH/c23-12-6-15-24-13-3-4-14-25-16-7-17-26-22(27)18-20-10-5-9-19-8-1-2-11-21(19)20;;;/h1-2,5,8-11,24-25H,3-4,6-7,12-18,23H2,(H,26,27);3*1H. The van der Waals surface area contributed by atoms with Gasteiger partial charge in [0.2, 0.25) is 5.91 Å². The first-order chi connectivity index (χ1) is 13.3. The van der Waals surface area contributed by atoms with Gasteiger partial charge in [-0.05, 0) is 74.7 Å². The Hall–Kier alpha value is -1.08. The van der Waals surface area contributed by atoms with Gasteiger partial charge in [0.1, 0.15) is 0 Å². The van der Waals surface area contributed by atoms with Gasteiger partial charge in [-0.1, -0.05) is 42.5 Å². The van der Waals surface area contributed by atoms with E-state index in [-0.39, 0.29) is 43.1 Å². The Bertz CT molecular complexity index is 683. The van der Waals surface area contributed by atoms with E-state index < -0.39 is 0 Å². The Kier molecular flexibility index (Phi) is 20.6. The highest BCUT2D eigenvalue weighted by Gasteiger charge is 2.06. The molecule has 0 saturated heterocycles. The largest absolute Gasteiger partial charge is 0.356 e. The van der Waals surface area contributed by atoms with Crippen LogP contribution in [0.15, 0.2) is 42.5 Å². The number of amides is 1. The lowest BCUT2D eigenvalue weighted by atomic mass is 10.0. The van der Waals surface area contributed by atoms with Crippen LogP contribution in [-0.2, 0) is 11.2 Å². The summed E-state index contributed by atoms with van der Waals surface area (Å²) in [5.74, 6) is 0.0925. The highest BCUT2D eigenvalue weighted by atomic mass is 35.5. The molecule has 0 fully saturated rings. The zero-order valence-electron chi connectivity index (χ0n) is 17.5. The van der Waals surface area contributed by atoms with Gasteiger partial charge < -0.3 is 21.7 Å². The summed E-state index contributed by atoms with van der Waals surface area (Å²) < 4.78 is 0. The molecule has 172 valence electrons. The first-order valence-electron chi connectivity index (χ1n) is 10.2. The second-order valence-electron chi connectivity index (χ2n) is 6.87. The third-order valence-corrected chi connectivity index (χ3v) is 4.60. The number of unbranched alkanes of at least 4 members (excludes halogenated alkanes) is 1. The van der Waals surface area contributed by atoms with Gasteiger partial charge in [0.05, 0.1) is 6.42 Å². The van der Waals surface area contributed by atoms with Crippen molar-refractivity contribution < 1.29 is 4.79 Å². The molecule has 0 aliphatic heterocycles. The predicted molar refractivity (Wildman–Crippen MR) is 136 cm³/mol. The summed E-state index contributed by atoms with van der Waals surface area (Å²) in [7, 11) is 0. The Morgan fingerprint density at radius 2 is 1.33 bits per heavy atom. The normalized spacial score (nSPS) is 9.90. The quantitative estimate of drug-likeness (QED) is 0.313. The maximum atomic E-state index is 12.2. The number of carbonyl (C=O) groups is 1. The predicted octanol–water partition coefficient (Wildman–Crippen LogP) is 3.46. The van der Waals surface area contributed by atoms with Crippen LogP contribution < -0.4 is 21.7 Å². The van der Waals surface area contributed by atoms with Gasteiger partial charge in [-0.3, -0.25) is 4.79 Å². The van der Waals surface area contributed by atoms with Crippen LogP contribution >= 0.6 is 37.2 Å². The SMILES string of the molecule is Cl.Cl.Cl.NCCCNCCCCNCCCNC(=O)Cc1cccc2ccccc12. The third kappa shape index (κ3) is 12.6. The van der Waals surface area contributed by atoms with E-state index in [1.54, 1.807) is 0 Å². The molecular weight excluding hydrogens is 443 g/mol. The van der Waals surface area contributed by atoms with Crippen molar-refractivity contribution in [3.8, 4) is 0 Å². The molecule has 30 heavy (non-hydrogen) atoms. The van der Waals surface area contributed by atoms with Crippen LogP contribution in [0.1, 0.15) is 31.2 Å². The molecule has 2 aromatic rings. The molecule has 0 unspecified atom stereocenters. The van der Waals surface area contributed by atoms with Gasteiger partial charge in [-0.2, -0.15) is 0 Å². The fourth-order valence-corrected chi connectivity index (χ4v) is 3.10. The van der Waals surface area contributed by atoms with E-state index in [1.165, 1.54) is 18.2 Å². The van der Waals surface area contributed by atoms with E-state index >= 15 is 0 Å². The van der Waals surface area contributed by atoms with E-state index in [1.807, 2.05) is 24.3 Å². The molecule has 0 aromatic heterocycles. The molecular formula is C22H37Cl3N4O. The number of benzene rings is 2. The summed E-state index contributed by atoms with van der Waals surface area (Å²) in [5, 5.41) is 12.2. The first kappa shape index (κ1) is 31.1. The fraction of sp³-hybridized carbons (Fsp3) is 0.500. The van der Waals surface area contributed by atoms with Crippen LogP contribution in [-0.4, -0.2) is 45.2 Å². The maximum Gasteiger partial charge on any atom is 0.224 e. The molecule has 2 aromatic carbocycles. The molecule has 8 heteroatoms. The minimum absolute atomic E-state index is 0. The first-order valence-corrected chi connectivity index (χ1v) is 10.2. The molecule has 0 aliphatic rings. The number of fused-ring (bicyclic) bond motifs is 1. The van der Waals surface area contributed by atoms with Crippen molar-refractivity contribution in [1.82, 2.24) is 16.0 Å². The Morgan fingerprint density at radius 3 is 2.03 bits per heavy atom. The van der Waals surface area contributed by atoms with Crippen molar-refractivity contribution in [3.63, 3.8) is 0 Å². The number of halogens is 3. The van der Waals surface area contributed by atoms with Crippen molar-refractivity contribution in [2.45, 2.75) is 32.1 Å². The Labute approximate surface area is 199 Å². The van der Waals surface area contributed by atoms with Crippen molar-refractivity contribution in [2.24, 2.45) is 5.73 Å². The summed E-state index contributed by atoms with van der Waals surface area (Å²) in [6.07, 6.45) is 4.79. The van der Waals surface area contributed by atoms with E-state index in [2.05, 4.69) is 34.1 Å². The van der Waals surface area contributed by atoms with Crippen LogP contribution in [0.3, 0.4) is 0 Å². The van der Waals surface area contributed by atoms with Crippen molar-refractivity contribution in [1.29, 1.82) is 0 Å². The minimum Gasteiger partial charge on any atom is -0.356 e. The van der Waals surface area contributed by atoms with Crippen molar-refractivity contribution in [3.05, 3.63) is 48.0 Å². The summed E-state index contributed by atoms with van der Waals surface area (Å²) in [6.45, 7) is 5.52. The van der Waals surface area contributed by atoms with Crippen LogP contribution in [0.5, 0.6) is 0 Å². The van der Waals surface area contributed by atoms with Crippen LogP contribution in [0.4, 0.5) is 0 Å². The molecule has 0 aliphatic carbocycles. The van der Waals surface area contributed by atoms with Crippen LogP contribution in [0, 0.1) is 0 Å². The van der Waals surface area contributed by atoms with E-state index in [0.29, 0.717) is 6.42 Å². The van der Waals surface area contributed by atoms with Gasteiger partial charge in [0.25, 0.3) is 0 Å². The summed E-state index contributed by atoms with van der Waals surface area (Å²) >= 11 is 0. The van der Waals surface area contributed by atoms with E-state index in [0.717, 1.165) is 63.1 Å². The topological polar surface area (TPSA) is 79.2 Å². The Morgan fingerprint density at radius 1 is 0.733 bits per heavy atom. The van der Waals surface area contributed by atoms with E-state index in [9.17, 15) is 4.79 Å². The number of rotatable bonds is 14. The van der Waals surface area contributed by atoms with Gasteiger partial charge in [0, 0.05) is 6.54 Å². The molecule has 5 nitrogen and oxygen atoms in total. The van der Waals surface area contributed by atoms with Gasteiger partial charge in [-0.15, -0.1) is 37.2 Å². The molecule has 2 rings (SSSR count). The molecule has 0 radical (unpaired) electrons. The maximum absolute atomic E-state index is 12.2. The second kappa shape index (κ2) is 19.9. The molecule has 5 N–H and O–H groups in total. The lowest BCUT2D eigenvalue weighted by Gasteiger charge is -2.09. The second-order valence-corrected chi connectivity index (χ2v) is 6.87.